The molecule has 0 aliphatic rings. The molecule has 0 N–H and O–H groups in total. The molecule has 0 saturated heterocycles. The first kappa shape index (κ1) is 15.4. The minimum atomic E-state index is 0.989. The predicted octanol–water partition coefficient (Wildman–Crippen LogP) is 5.42. The van der Waals surface area contributed by atoms with Gasteiger partial charge in [0.05, 0.1) is 0 Å². The fourth-order valence-electron chi connectivity index (χ4n) is 2.10. The normalized spacial score (nSPS) is 13.0. The first-order valence-electron chi connectivity index (χ1n) is 7.05. The van der Waals surface area contributed by atoms with Gasteiger partial charge in [0.15, 0.2) is 0 Å². The average Bonchev–Trinajstić information content (AvgIpc) is 2.26. The first-order chi connectivity index (χ1) is 7.35. The van der Waals surface area contributed by atoms with Crippen molar-refractivity contribution in [1.29, 1.82) is 0 Å². The van der Waals surface area contributed by atoms with E-state index >= 15 is 0 Å². The maximum Gasteiger partial charge on any atom is -0.0353 e. The van der Waals surface area contributed by atoms with Crippen molar-refractivity contribution in [2.75, 3.05) is 6.16 Å². The van der Waals surface area contributed by atoms with Crippen molar-refractivity contribution in [3.05, 3.63) is 0 Å². The molecule has 15 heavy (non-hydrogen) atoms. The maximum atomic E-state index is 2.94. The van der Waals surface area contributed by atoms with Gasteiger partial charge in [-0.15, -0.1) is 9.24 Å². The van der Waals surface area contributed by atoms with Crippen molar-refractivity contribution in [3.8, 4) is 0 Å². The minimum Gasteiger partial charge on any atom is -0.137 e. The summed E-state index contributed by atoms with van der Waals surface area (Å²) in [4.78, 5) is 0. The Morgan fingerprint density at radius 2 is 1.20 bits per heavy atom. The molecule has 0 amide bonds. The summed E-state index contributed by atoms with van der Waals surface area (Å²) in [6, 6.07) is 0. The Balaban J connectivity index is 3.28. The molecule has 0 spiro atoms. The van der Waals surface area contributed by atoms with Gasteiger partial charge in [-0.2, -0.15) is 0 Å². The highest BCUT2D eigenvalue weighted by atomic mass is 31.0. The smallest absolute Gasteiger partial charge is 0.0353 e. The van der Waals surface area contributed by atoms with Gasteiger partial charge in [-0.1, -0.05) is 78.1 Å². The minimum absolute atomic E-state index is 0.989. The van der Waals surface area contributed by atoms with Gasteiger partial charge >= 0.3 is 0 Å². The van der Waals surface area contributed by atoms with E-state index in [0.717, 1.165) is 5.92 Å². The van der Waals surface area contributed by atoms with Crippen LogP contribution in [0.25, 0.3) is 0 Å². The molecule has 0 aromatic rings. The second kappa shape index (κ2) is 12.5. The van der Waals surface area contributed by atoms with Crippen molar-refractivity contribution in [1.82, 2.24) is 0 Å². The van der Waals surface area contributed by atoms with Crippen molar-refractivity contribution in [3.63, 3.8) is 0 Å². The maximum absolute atomic E-state index is 2.94. The van der Waals surface area contributed by atoms with Crippen molar-refractivity contribution in [2.24, 2.45) is 5.92 Å². The number of rotatable bonds is 11. The van der Waals surface area contributed by atoms with Crippen LogP contribution in [0.1, 0.15) is 78.1 Å². The van der Waals surface area contributed by atoms with E-state index in [0.29, 0.717) is 0 Å². The fourth-order valence-corrected chi connectivity index (χ4v) is 2.57. The molecular formula is C14H31P. The van der Waals surface area contributed by atoms with Crippen molar-refractivity contribution < 1.29 is 0 Å². The van der Waals surface area contributed by atoms with Crippen LogP contribution in [0.15, 0.2) is 0 Å². The topological polar surface area (TPSA) is 0 Å². The van der Waals surface area contributed by atoms with E-state index in [4.69, 9.17) is 0 Å². The Morgan fingerprint density at radius 3 is 1.73 bits per heavy atom. The quantitative estimate of drug-likeness (QED) is 0.328. The van der Waals surface area contributed by atoms with E-state index in [1.165, 1.54) is 70.4 Å². The van der Waals surface area contributed by atoms with Crippen molar-refractivity contribution in [2.45, 2.75) is 78.1 Å². The van der Waals surface area contributed by atoms with E-state index < -0.39 is 0 Å². The summed E-state index contributed by atoms with van der Waals surface area (Å²) in [7, 11) is 2.94. The Bertz CT molecular complexity index is 112. The Labute approximate surface area is 99.8 Å². The molecule has 0 nitrogen and oxygen atoms in total. The Hall–Kier alpha value is 0.430. The molecule has 2 unspecified atom stereocenters. The molecular weight excluding hydrogens is 199 g/mol. The molecule has 0 bridgehead atoms. The largest absolute Gasteiger partial charge is 0.137 e. The van der Waals surface area contributed by atoms with Crippen LogP contribution >= 0.6 is 9.24 Å². The number of unbranched alkanes of at least 4 members (excludes halogenated alkanes) is 6. The van der Waals surface area contributed by atoms with E-state index in [-0.39, 0.29) is 0 Å². The summed E-state index contributed by atoms with van der Waals surface area (Å²) in [5, 5.41) is 0. The predicted molar refractivity (Wildman–Crippen MR) is 75.6 cm³/mol. The summed E-state index contributed by atoms with van der Waals surface area (Å²) in [5.41, 5.74) is 0. The summed E-state index contributed by atoms with van der Waals surface area (Å²) >= 11 is 0. The van der Waals surface area contributed by atoms with Gasteiger partial charge in [-0.05, 0) is 12.1 Å². The average molecular weight is 230 g/mol. The number of hydrogen-bond donors (Lipinski definition) is 0. The third-order valence-corrected chi connectivity index (χ3v) is 3.93. The van der Waals surface area contributed by atoms with Crippen LogP contribution < -0.4 is 0 Å². The molecule has 0 fully saturated rings. The van der Waals surface area contributed by atoms with Crippen LogP contribution in [0, 0.1) is 5.92 Å². The molecule has 0 aliphatic heterocycles. The zero-order chi connectivity index (χ0) is 11.4. The molecule has 0 aromatic carbocycles. The molecule has 2 atom stereocenters. The zero-order valence-electron chi connectivity index (χ0n) is 10.9. The monoisotopic (exact) mass is 230 g/mol. The highest BCUT2D eigenvalue weighted by Gasteiger charge is 2.05. The second-order valence-electron chi connectivity index (χ2n) is 4.80. The zero-order valence-corrected chi connectivity index (χ0v) is 12.1. The van der Waals surface area contributed by atoms with Gasteiger partial charge in [0.25, 0.3) is 0 Å². The Kier molecular flexibility index (Phi) is 12.9. The third kappa shape index (κ3) is 10.7. The lowest BCUT2D eigenvalue weighted by molar-refractivity contribution is 0.443. The summed E-state index contributed by atoms with van der Waals surface area (Å²) in [5.74, 6) is 0.989. The van der Waals surface area contributed by atoms with Gasteiger partial charge in [0.1, 0.15) is 0 Å². The van der Waals surface area contributed by atoms with Gasteiger partial charge in [-0.25, -0.2) is 0 Å². The van der Waals surface area contributed by atoms with Gasteiger partial charge < -0.3 is 0 Å². The van der Waals surface area contributed by atoms with E-state index in [9.17, 15) is 0 Å². The molecule has 0 saturated carbocycles. The van der Waals surface area contributed by atoms with Crippen molar-refractivity contribution >= 4 is 9.24 Å². The standard InChI is InChI=1S/C14H31P/c1-3-5-7-8-10-12-14(13-15)11-9-6-4-2/h14H,3-13,15H2,1-2H3. The molecule has 0 radical (unpaired) electrons. The number of hydrogen-bond acceptors (Lipinski definition) is 0. The molecule has 0 aromatic heterocycles. The van der Waals surface area contributed by atoms with Gasteiger partial charge in [-0.3, -0.25) is 0 Å². The molecule has 0 rings (SSSR count). The van der Waals surface area contributed by atoms with E-state index in [2.05, 4.69) is 23.1 Å². The van der Waals surface area contributed by atoms with Crippen LogP contribution in [0.2, 0.25) is 0 Å². The lowest BCUT2D eigenvalue weighted by atomic mass is 9.96. The van der Waals surface area contributed by atoms with Crippen LogP contribution in [0.3, 0.4) is 0 Å². The SMILES string of the molecule is CCCCCCCC(CP)CCCCC. The van der Waals surface area contributed by atoms with Crippen LogP contribution in [0.4, 0.5) is 0 Å². The first-order valence-corrected chi connectivity index (χ1v) is 7.86. The third-order valence-electron chi connectivity index (χ3n) is 3.27. The van der Waals surface area contributed by atoms with Crippen LogP contribution in [0.5, 0.6) is 0 Å². The van der Waals surface area contributed by atoms with Crippen LogP contribution in [-0.4, -0.2) is 6.16 Å². The lowest BCUT2D eigenvalue weighted by Crippen LogP contribution is -2.02. The molecule has 0 aliphatic carbocycles. The fraction of sp³-hybridized carbons (Fsp3) is 1.00. The van der Waals surface area contributed by atoms with Gasteiger partial charge in [0.2, 0.25) is 0 Å². The Morgan fingerprint density at radius 1 is 0.733 bits per heavy atom. The lowest BCUT2D eigenvalue weighted by Gasteiger charge is -2.13. The summed E-state index contributed by atoms with van der Waals surface area (Å²) in [6.45, 7) is 4.58. The van der Waals surface area contributed by atoms with Crippen LogP contribution in [-0.2, 0) is 0 Å². The van der Waals surface area contributed by atoms with E-state index in [1.807, 2.05) is 0 Å². The molecule has 1 heteroatoms. The van der Waals surface area contributed by atoms with Gasteiger partial charge in [0, 0.05) is 0 Å². The molecule has 92 valence electrons. The summed E-state index contributed by atoms with van der Waals surface area (Å²) < 4.78 is 0. The molecule has 0 heterocycles. The summed E-state index contributed by atoms with van der Waals surface area (Å²) in [6.07, 6.45) is 15.7. The highest BCUT2D eigenvalue weighted by molar-refractivity contribution is 7.16. The second-order valence-corrected chi connectivity index (χ2v) is 5.27. The highest BCUT2D eigenvalue weighted by Crippen LogP contribution is 2.19. The van der Waals surface area contributed by atoms with E-state index in [1.54, 1.807) is 0 Å².